The molecule has 1 unspecified atom stereocenters. The molecule has 2 heterocycles. The molecule has 1 saturated carbocycles. The van der Waals surface area contributed by atoms with Crippen molar-refractivity contribution in [3.63, 3.8) is 0 Å². The minimum absolute atomic E-state index is 0.182. The molecule has 1 amide bonds. The summed E-state index contributed by atoms with van der Waals surface area (Å²) in [5.41, 5.74) is 1.26. The Morgan fingerprint density at radius 1 is 1.10 bits per heavy atom. The number of benzene rings is 1. The summed E-state index contributed by atoms with van der Waals surface area (Å²) in [5, 5.41) is 0. The highest BCUT2D eigenvalue weighted by atomic mass is 16.7. The van der Waals surface area contributed by atoms with Crippen LogP contribution in [-0.2, 0) is 20.8 Å². The van der Waals surface area contributed by atoms with Gasteiger partial charge in [-0.15, -0.1) is 0 Å². The number of amides is 1. The maximum atomic E-state index is 12.5. The van der Waals surface area contributed by atoms with Gasteiger partial charge in [0.15, 0.2) is 5.79 Å². The molecule has 0 N–H and O–H groups in total. The number of hydrogen-bond acceptors (Lipinski definition) is 5. The average Bonchev–Trinajstić information content (AvgIpc) is 3.14. The summed E-state index contributed by atoms with van der Waals surface area (Å²) in [6, 6.07) is 10.4. The minimum atomic E-state index is -0.382. The van der Waals surface area contributed by atoms with Crippen LogP contribution in [0.5, 0.6) is 0 Å². The van der Waals surface area contributed by atoms with Crippen LogP contribution in [0.3, 0.4) is 0 Å². The first-order valence-corrected chi connectivity index (χ1v) is 11.2. The molecule has 0 bridgehead atoms. The van der Waals surface area contributed by atoms with Crippen LogP contribution in [0.4, 0.5) is 4.79 Å². The SMILES string of the molecule is COC1(OC)CC(C(C(C)C)N2CC3(CCN(C(=O)OCc4ccccc4)C3)C2)C1. The van der Waals surface area contributed by atoms with E-state index in [0.717, 1.165) is 51.0 Å². The topological polar surface area (TPSA) is 51.2 Å². The second-order valence-electron chi connectivity index (χ2n) is 9.84. The van der Waals surface area contributed by atoms with E-state index < -0.39 is 0 Å². The normalized spacial score (nSPS) is 24.0. The van der Waals surface area contributed by atoms with Gasteiger partial charge in [-0.25, -0.2) is 4.79 Å². The van der Waals surface area contributed by atoms with E-state index in [2.05, 4.69) is 18.7 Å². The number of hydrogen-bond donors (Lipinski definition) is 0. The Labute approximate surface area is 180 Å². The number of methoxy groups -OCH3 is 2. The van der Waals surface area contributed by atoms with Crippen LogP contribution >= 0.6 is 0 Å². The molecule has 166 valence electrons. The smallest absolute Gasteiger partial charge is 0.410 e. The van der Waals surface area contributed by atoms with Crippen molar-refractivity contribution in [2.45, 2.75) is 51.5 Å². The maximum absolute atomic E-state index is 12.5. The van der Waals surface area contributed by atoms with Crippen molar-refractivity contribution in [3.8, 4) is 0 Å². The molecule has 1 aromatic rings. The molecule has 4 rings (SSSR count). The Bertz CT molecular complexity index is 720. The second kappa shape index (κ2) is 8.48. The van der Waals surface area contributed by atoms with Gasteiger partial charge in [-0.05, 0) is 23.8 Å². The maximum Gasteiger partial charge on any atom is 0.410 e. The molecular formula is C24H36N2O4. The van der Waals surface area contributed by atoms with Gasteiger partial charge in [0, 0.05) is 64.7 Å². The predicted octanol–water partition coefficient (Wildman–Crippen LogP) is 3.75. The highest BCUT2D eigenvalue weighted by Crippen LogP contribution is 2.49. The lowest BCUT2D eigenvalue weighted by Crippen LogP contribution is -2.66. The van der Waals surface area contributed by atoms with Crippen molar-refractivity contribution in [1.82, 2.24) is 9.80 Å². The zero-order valence-corrected chi connectivity index (χ0v) is 18.8. The summed E-state index contributed by atoms with van der Waals surface area (Å²) in [4.78, 5) is 17.1. The Morgan fingerprint density at radius 3 is 2.37 bits per heavy atom. The number of rotatable bonds is 7. The summed E-state index contributed by atoms with van der Waals surface area (Å²) in [6.45, 7) is 8.73. The molecule has 1 aliphatic carbocycles. The monoisotopic (exact) mass is 416 g/mol. The van der Waals surface area contributed by atoms with Crippen molar-refractivity contribution in [3.05, 3.63) is 35.9 Å². The number of carbonyl (C=O) groups excluding carboxylic acids is 1. The Morgan fingerprint density at radius 2 is 1.77 bits per heavy atom. The quantitative estimate of drug-likeness (QED) is 0.634. The van der Waals surface area contributed by atoms with Gasteiger partial charge in [0.05, 0.1) is 0 Å². The van der Waals surface area contributed by atoms with Crippen molar-refractivity contribution >= 4 is 6.09 Å². The van der Waals surface area contributed by atoms with Crippen LogP contribution in [0.1, 0.15) is 38.7 Å². The summed E-state index contributed by atoms with van der Waals surface area (Å²) in [7, 11) is 3.49. The van der Waals surface area contributed by atoms with Gasteiger partial charge < -0.3 is 19.1 Å². The second-order valence-corrected chi connectivity index (χ2v) is 9.84. The van der Waals surface area contributed by atoms with E-state index in [1.54, 1.807) is 14.2 Å². The number of ether oxygens (including phenoxy) is 3. The van der Waals surface area contributed by atoms with E-state index >= 15 is 0 Å². The zero-order chi connectivity index (χ0) is 21.4. The molecule has 0 radical (unpaired) electrons. The molecule has 30 heavy (non-hydrogen) atoms. The average molecular weight is 417 g/mol. The van der Waals surface area contributed by atoms with Gasteiger partial charge in [0.1, 0.15) is 6.61 Å². The van der Waals surface area contributed by atoms with E-state index in [0.29, 0.717) is 24.5 Å². The standard InChI is InChI=1S/C24H36N2O4/c1-18(2)21(20-12-24(13-20,28-3)29-4)26-16-23(17-26)10-11-25(15-23)22(27)30-14-19-8-6-5-7-9-19/h5-9,18,20-21H,10-17H2,1-4H3. The number of carbonyl (C=O) groups is 1. The van der Waals surface area contributed by atoms with Gasteiger partial charge in [-0.3, -0.25) is 4.90 Å². The van der Waals surface area contributed by atoms with Gasteiger partial charge >= 0.3 is 6.09 Å². The zero-order valence-electron chi connectivity index (χ0n) is 18.8. The van der Waals surface area contributed by atoms with Crippen molar-refractivity contribution < 1.29 is 19.0 Å². The highest BCUT2D eigenvalue weighted by molar-refractivity contribution is 5.68. The third-order valence-electron chi connectivity index (χ3n) is 7.46. The first-order valence-electron chi connectivity index (χ1n) is 11.2. The van der Waals surface area contributed by atoms with E-state index in [-0.39, 0.29) is 17.3 Å². The number of nitrogens with zero attached hydrogens (tertiary/aromatic N) is 2. The fourth-order valence-electron chi connectivity index (χ4n) is 5.85. The first kappa shape index (κ1) is 21.6. The van der Waals surface area contributed by atoms with Crippen molar-refractivity contribution in [2.24, 2.45) is 17.3 Å². The van der Waals surface area contributed by atoms with Crippen LogP contribution < -0.4 is 0 Å². The Hall–Kier alpha value is -1.63. The lowest BCUT2D eigenvalue weighted by atomic mass is 9.67. The summed E-state index contributed by atoms with van der Waals surface area (Å²) in [6.07, 6.45) is 2.81. The largest absolute Gasteiger partial charge is 0.445 e. The molecule has 0 aromatic heterocycles. The molecule has 6 nitrogen and oxygen atoms in total. The van der Waals surface area contributed by atoms with Gasteiger partial charge in [0.25, 0.3) is 0 Å². The van der Waals surface area contributed by atoms with E-state index in [1.165, 1.54) is 0 Å². The lowest BCUT2D eigenvalue weighted by molar-refractivity contribution is -0.282. The fourth-order valence-corrected chi connectivity index (χ4v) is 5.85. The first-order chi connectivity index (χ1) is 14.4. The molecule has 2 saturated heterocycles. The van der Waals surface area contributed by atoms with Gasteiger partial charge in [-0.2, -0.15) is 0 Å². The van der Waals surface area contributed by atoms with Gasteiger partial charge in [0.2, 0.25) is 0 Å². The van der Waals surface area contributed by atoms with Gasteiger partial charge in [-0.1, -0.05) is 44.2 Å². The van der Waals surface area contributed by atoms with Crippen molar-refractivity contribution in [2.75, 3.05) is 40.4 Å². The van der Waals surface area contributed by atoms with Crippen LogP contribution in [0, 0.1) is 17.3 Å². The molecule has 3 fully saturated rings. The lowest BCUT2D eigenvalue weighted by Gasteiger charge is -2.58. The van der Waals surface area contributed by atoms with E-state index in [1.807, 2.05) is 35.2 Å². The Balaban J connectivity index is 1.27. The molecule has 3 aliphatic rings. The van der Waals surface area contributed by atoms with Crippen LogP contribution in [-0.4, -0.2) is 68.1 Å². The van der Waals surface area contributed by atoms with Crippen LogP contribution in [0.2, 0.25) is 0 Å². The summed E-state index contributed by atoms with van der Waals surface area (Å²) < 4.78 is 16.8. The van der Waals surface area contributed by atoms with Crippen LogP contribution in [0.15, 0.2) is 30.3 Å². The summed E-state index contributed by atoms with van der Waals surface area (Å²) >= 11 is 0. The highest BCUT2D eigenvalue weighted by Gasteiger charge is 2.56. The third kappa shape index (κ3) is 4.10. The fraction of sp³-hybridized carbons (Fsp3) is 0.708. The predicted molar refractivity (Wildman–Crippen MR) is 115 cm³/mol. The number of likely N-dealkylation sites (tertiary alicyclic amines) is 2. The summed E-state index contributed by atoms with van der Waals surface area (Å²) in [5.74, 6) is 0.815. The molecule has 1 spiro atoms. The molecule has 6 heteroatoms. The molecular weight excluding hydrogens is 380 g/mol. The van der Waals surface area contributed by atoms with E-state index in [9.17, 15) is 4.79 Å². The molecule has 1 aromatic carbocycles. The minimum Gasteiger partial charge on any atom is -0.445 e. The van der Waals surface area contributed by atoms with Crippen LogP contribution in [0.25, 0.3) is 0 Å². The third-order valence-corrected chi connectivity index (χ3v) is 7.46. The van der Waals surface area contributed by atoms with Crippen molar-refractivity contribution in [1.29, 1.82) is 0 Å². The van der Waals surface area contributed by atoms with E-state index in [4.69, 9.17) is 14.2 Å². The molecule has 1 atom stereocenters. The molecule has 2 aliphatic heterocycles. The Kier molecular flexibility index (Phi) is 6.11.